The van der Waals surface area contributed by atoms with Gasteiger partial charge in [0, 0.05) is 12.6 Å². The first kappa shape index (κ1) is 18.9. The molecular formula is C20H29N3O3. The van der Waals surface area contributed by atoms with Gasteiger partial charge in [0.05, 0.1) is 11.3 Å². The van der Waals surface area contributed by atoms with Gasteiger partial charge >= 0.3 is 0 Å². The van der Waals surface area contributed by atoms with Crippen LogP contribution in [0.25, 0.3) is 0 Å². The quantitative estimate of drug-likeness (QED) is 0.567. The van der Waals surface area contributed by atoms with E-state index >= 15 is 0 Å². The van der Waals surface area contributed by atoms with Crippen LogP contribution in [0, 0.1) is 12.8 Å². The number of amides is 2. The lowest BCUT2D eigenvalue weighted by atomic mass is 9.80. The second-order valence-electron chi connectivity index (χ2n) is 7.78. The van der Waals surface area contributed by atoms with Gasteiger partial charge in [0.15, 0.2) is 0 Å². The highest BCUT2D eigenvalue weighted by Gasteiger charge is 2.48. The van der Waals surface area contributed by atoms with Crippen LogP contribution in [0.15, 0.2) is 24.3 Å². The number of hydrogen-bond donors (Lipinski definition) is 3. The van der Waals surface area contributed by atoms with Crippen LogP contribution in [0.1, 0.15) is 43.7 Å². The van der Waals surface area contributed by atoms with E-state index in [2.05, 4.69) is 5.32 Å². The molecule has 0 bridgehead atoms. The smallest absolute Gasteiger partial charge is 0.248 e. The van der Waals surface area contributed by atoms with Gasteiger partial charge in [-0.25, -0.2) is 5.48 Å². The summed E-state index contributed by atoms with van der Waals surface area (Å²) in [5.74, 6) is -0.691. The molecule has 1 aromatic carbocycles. The van der Waals surface area contributed by atoms with Crippen molar-refractivity contribution in [2.24, 2.45) is 5.92 Å². The number of likely N-dealkylation sites (tertiary alicyclic amines) is 1. The van der Waals surface area contributed by atoms with Crippen molar-refractivity contribution in [2.45, 2.75) is 51.0 Å². The lowest BCUT2D eigenvalue weighted by molar-refractivity contribution is -0.141. The van der Waals surface area contributed by atoms with Crippen LogP contribution in [0.2, 0.25) is 0 Å². The first-order valence-corrected chi connectivity index (χ1v) is 9.50. The van der Waals surface area contributed by atoms with Crippen LogP contribution in [0.5, 0.6) is 0 Å². The molecule has 6 nitrogen and oxygen atoms in total. The fraction of sp³-hybridized carbons (Fsp3) is 0.600. The summed E-state index contributed by atoms with van der Waals surface area (Å²) in [6, 6.07) is 8.00. The first-order valence-electron chi connectivity index (χ1n) is 9.50. The average molecular weight is 359 g/mol. The van der Waals surface area contributed by atoms with E-state index in [1.807, 2.05) is 43.0 Å². The molecule has 0 radical (unpaired) electrons. The second-order valence-corrected chi connectivity index (χ2v) is 7.78. The zero-order chi connectivity index (χ0) is 18.7. The standard InChI is InChI=1S/C20H29N3O3/c1-14-5-7-15(8-6-14)20(2)10-13-23(19(20)25)17-4-3-11-21-12-9-16(17)18(24)22-26/h5-8,16-17,21,26H,3-4,9-13H2,1-2H3,(H,22,24). The summed E-state index contributed by atoms with van der Waals surface area (Å²) >= 11 is 0. The van der Waals surface area contributed by atoms with Crippen molar-refractivity contribution in [3.63, 3.8) is 0 Å². The Labute approximate surface area is 154 Å². The molecule has 3 unspecified atom stereocenters. The van der Waals surface area contributed by atoms with E-state index in [4.69, 9.17) is 5.21 Å². The van der Waals surface area contributed by atoms with Crippen molar-refractivity contribution in [1.29, 1.82) is 0 Å². The summed E-state index contributed by atoms with van der Waals surface area (Å²) in [5.41, 5.74) is 3.46. The van der Waals surface area contributed by atoms with Crippen LogP contribution in [0.4, 0.5) is 0 Å². The molecule has 2 aliphatic rings. The highest BCUT2D eigenvalue weighted by Crippen LogP contribution is 2.38. The van der Waals surface area contributed by atoms with Gasteiger partial charge in [0.2, 0.25) is 11.8 Å². The zero-order valence-electron chi connectivity index (χ0n) is 15.6. The summed E-state index contributed by atoms with van der Waals surface area (Å²) in [6.07, 6.45) is 3.03. The van der Waals surface area contributed by atoms with Gasteiger partial charge < -0.3 is 10.2 Å². The van der Waals surface area contributed by atoms with Crippen LogP contribution in [0.3, 0.4) is 0 Å². The monoisotopic (exact) mass is 359 g/mol. The lowest BCUT2D eigenvalue weighted by Crippen LogP contribution is -2.51. The van der Waals surface area contributed by atoms with Gasteiger partial charge in [0.25, 0.3) is 0 Å². The molecule has 3 atom stereocenters. The minimum Gasteiger partial charge on any atom is -0.338 e. The van der Waals surface area contributed by atoms with Gasteiger partial charge in [-0.1, -0.05) is 29.8 Å². The van der Waals surface area contributed by atoms with Gasteiger partial charge in [-0.2, -0.15) is 0 Å². The first-order chi connectivity index (χ1) is 12.5. The molecule has 3 rings (SSSR count). The maximum absolute atomic E-state index is 13.4. The molecule has 6 heteroatoms. The third kappa shape index (κ3) is 3.48. The lowest BCUT2D eigenvalue weighted by Gasteiger charge is -2.36. The Morgan fingerprint density at radius 3 is 2.69 bits per heavy atom. The molecule has 1 aromatic rings. The fourth-order valence-corrected chi connectivity index (χ4v) is 4.35. The van der Waals surface area contributed by atoms with E-state index in [1.54, 1.807) is 5.48 Å². The maximum atomic E-state index is 13.4. The molecule has 0 aromatic heterocycles. The predicted octanol–water partition coefficient (Wildman–Crippen LogP) is 1.75. The normalized spacial score (nSPS) is 30.0. The number of carbonyl (C=O) groups excluding carboxylic acids is 2. The van der Waals surface area contributed by atoms with Crippen molar-refractivity contribution < 1.29 is 14.8 Å². The Balaban J connectivity index is 1.86. The molecule has 0 saturated carbocycles. The number of nitrogens with zero attached hydrogens (tertiary/aromatic N) is 1. The third-order valence-electron chi connectivity index (χ3n) is 6.07. The maximum Gasteiger partial charge on any atom is 0.248 e. The Morgan fingerprint density at radius 1 is 1.27 bits per heavy atom. The molecular weight excluding hydrogens is 330 g/mol. The molecule has 0 spiro atoms. The average Bonchev–Trinajstić information content (AvgIpc) is 2.91. The molecule has 2 aliphatic heterocycles. The zero-order valence-corrected chi connectivity index (χ0v) is 15.6. The molecule has 2 saturated heterocycles. The molecule has 142 valence electrons. The Hall–Kier alpha value is -1.92. The van der Waals surface area contributed by atoms with Crippen LogP contribution < -0.4 is 10.8 Å². The van der Waals surface area contributed by atoms with Gasteiger partial charge in [-0.15, -0.1) is 0 Å². The highest BCUT2D eigenvalue weighted by atomic mass is 16.5. The van der Waals surface area contributed by atoms with Crippen molar-refractivity contribution >= 4 is 11.8 Å². The molecule has 2 heterocycles. The number of aryl methyl sites for hydroxylation is 1. The Morgan fingerprint density at radius 2 is 2.00 bits per heavy atom. The number of rotatable bonds is 3. The van der Waals surface area contributed by atoms with Gasteiger partial charge in [0.1, 0.15) is 0 Å². The molecule has 26 heavy (non-hydrogen) atoms. The van der Waals surface area contributed by atoms with Crippen molar-refractivity contribution in [2.75, 3.05) is 19.6 Å². The molecule has 0 aliphatic carbocycles. The van der Waals surface area contributed by atoms with Crippen LogP contribution >= 0.6 is 0 Å². The Bertz CT molecular complexity index is 661. The highest BCUT2D eigenvalue weighted by molar-refractivity contribution is 5.91. The minimum absolute atomic E-state index is 0.0932. The number of hydroxylamine groups is 1. The topological polar surface area (TPSA) is 81.7 Å². The van der Waals surface area contributed by atoms with Gasteiger partial charge in [-0.3, -0.25) is 14.8 Å². The molecule has 3 N–H and O–H groups in total. The van der Waals surface area contributed by atoms with Crippen LogP contribution in [-0.4, -0.2) is 47.6 Å². The molecule has 2 amide bonds. The fourth-order valence-electron chi connectivity index (χ4n) is 4.35. The second kappa shape index (κ2) is 7.76. The minimum atomic E-state index is -0.547. The Kier molecular flexibility index (Phi) is 5.63. The van der Waals surface area contributed by atoms with Crippen LogP contribution in [-0.2, 0) is 15.0 Å². The van der Waals surface area contributed by atoms with E-state index in [1.165, 1.54) is 5.56 Å². The van der Waals surface area contributed by atoms with E-state index in [9.17, 15) is 9.59 Å². The molecule has 2 fully saturated rings. The summed E-state index contributed by atoms with van der Waals surface area (Å²) in [7, 11) is 0. The largest absolute Gasteiger partial charge is 0.338 e. The van der Waals surface area contributed by atoms with E-state index in [-0.39, 0.29) is 11.9 Å². The van der Waals surface area contributed by atoms with E-state index < -0.39 is 17.2 Å². The third-order valence-corrected chi connectivity index (χ3v) is 6.07. The van der Waals surface area contributed by atoms with Crippen molar-refractivity contribution in [3.05, 3.63) is 35.4 Å². The summed E-state index contributed by atoms with van der Waals surface area (Å²) in [6.45, 7) is 6.30. The van der Waals surface area contributed by atoms with E-state index in [0.29, 0.717) is 19.5 Å². The van der Waals surface area contributed by atoms with E-state index in [0.717, 1.165) is 31.4 Å². The van der Waals surface area contributed by atoms with Crippen molar-refractivity contribution in [1.82, 2.24) is 15.7 Å². The number of carbonyl (C=O) groups is 2. The SMILES string of the molecule is Cc1ccc(C2(C)CCN(C3CCCNCCC3C(=O)NO)C2=O)cc1. The van der Waals surface area contributed by atoms with Gasteiger partial charge in [-0.05, 0) is 58.2 Å². The summed E-state index contributed by atoms with van der Waals surface area (Å²) < 4.78 is 0. The number of nitrogens with one attached hydrogen (secondary N) is 2. The number of benzene rings is 1. The summed E-state index contributed by atoms with van der Waals surface area (Å²) in [5, 5.41) is 12.5. The van der Waals surface area contributed by atoms with Crippen molar-refractivity contribution in [3.8, 4) is 0 Å². The summed E-state index contributed by atoms with van der Waals surface area (Å²) in [4.78, 5) is 27.5. The predicted molar refractivity (Wildman–Crippen MR) is 98.8 cm³/mol. The number of hydrogen-bond acceptors (Lipinski definition) is 4.